The second-order valence-electron chi connectivity index (χ2n) is 8.88. The lowest BCUT2D eigenvalue weighted by Crippen LogP contribution is -2.57. The number of nitrogens with one attached hydrogen (secondary N) is 1. The first-order valence-corrected chi connectivity index (χ1v) is 11.9. The van der Waals surface area contributed by atoms with E-state index in [0.717, 1.165) is 25.1 Å². The van der Waals surface area contributed by atoms with E-state index in [2.05, 4.69) is 65.2 Å². The van der Waals surface area contributed by atoms with Crippen LogP contribution in [0.25, 0.3) is 5.69 Å². The maximum absolute atomic E-state index is 13.1. The number of urea groups is 1. The van der Waals surface area contributed by atoms with Crippen LogP contribution in [0.1, 0.15) is 37.9 Å². The molecule has 1 saturated heterocycles. The van der Waals surface area contributed by atoms with E-state index >= 15 is 0 Å². The average Bonchev–Trinajstić information content (AvgIpc) is 3.32. The number of para-hydroxylation sites is 2. The summed E-state index contributed by atoms with van der Waals surface area (Å²) in [7, 11) is 0. The third-order valence-corrected chi connectivity index (χ3v) is 7.05. The topological polar surface area (TPSA) is 49.7 Å². The molecule has 0 radical (unpaired) electrons. The van der Waals surface area contributed by atoms with Crippen molar-refractivity contribution in [3.8, 4) is 11.4 Å². The molecule has 0 aliphatic carbocycles. The predicted molar refractivity (Wildman–Crippen MR) is 133 cm³/mol. The van der Waals surface area contributed by atoms with Crippen LogP contribution < -0.4 is 15.0 Å². The molecular weight excluding hydrogens is 412 g/mol. The van der Waals surface area contributed by atoms with Gasteiger partial charge in [0.15, 0.2) is 0 Å². The minimum atomic E-state index is -0.112. The molecule has 6 heteroatoms. The number of likely N-dealkylation sites (tertiary alicyclic amines) is 1. The standard InChI is InChI=1S/C27H32N4O2/c1-4-31-23-19-20(3)12-13-22(23)30-16-8-11-25(30)27(31)14-17-29(18-15-27)26(32)28-21-9-6-7-10-24(21)33-5-2/h6-13,16,19H,4-5,14-15,17-18H2,1-3H3,(H,28,32). The van der Waals surface area contributed by atoms with Gasteiger partial charge in [0, 0.05) is 31.5 Å². The number of piperidine rings is 1. The summed E-state index contributed by atoms with van der Waals surface area (Å²) in [4.78, 5) is 17.6. The van der Waals surface area contributed by atoms with Gasteiger partial charge in [-0.25, -0.2) is 4.79 Å². The van der Waals surface area contributed by atoms with Gasteiger partial charge in [0.05, 0.1) is 29.2 Å². The minimum absolute atomic E-state index is 0.0671. The van der Waals surface area contributed by atoms with E-state index in [1.165, 1.54) is 22.6 Å². The fourth-order valence-electron chi connectivity index (χ4n) is 5.52. The number of aromatic nitrogens is 1. The van der Waals surface area contributed by atoms with Gasteiger partial charge in [0.2, 0.25) is 0 Å². The third-order valence-electron chi connectivity index (χ3n) is 7.05. The molecule has 1 fully saturated rings. The minimum Gasteiger partial charge on any atom is -0.492 e. The van der Waals surface area contributed by atoms with E-state index in [0.29, 0.717) is 25.4 Å². The fourth-order valence-corrected chi connectivity index (χ4v) is 5.52. The molecule has 1 N–H and O–H groups in total. The van der Waals surface area contributed by atoms with Crippen LogP contribution in [0.5, 0.6) is 5.75 Å². The molecule has 33 heavy (non-hydrogen) atoms. The van der Waals surface area contributed by atoms with E-state index in [4.69, 9.17) is 4.74 Å². The molecule has 1 spiro atoms. The molecule has 2 aliphatic heterocycles. The molecule has 5 rings (SSSR count). The smallest absolute Gasteiger partial charge is 0.321 e. The van der Waals surface area contributed by atoms with E-state index in [1.54, 1.807) is 0 Å². The Morgan fingerprint density at radius 3 is 2.58 bits per heavy atom. The molecule has 172 valence electrons. The Balaban J connectivity index is 1.39. The highest BCUT2D eigenvalue weighted by molar-refractivity contribution is 5.91. The number of nitrogens with zero attached hydrogens (tertiary/aromatic N) is 3. The van der Waals surface area contributed by atoms with Crippen LogP contribution in [0.15, 0.2) is 60.8 Å². The lowest BCUT2D eigenvalue weighted by atomic mass is 9.80. The van der Waals surface area contributed by atoms with Gasteiger partial charge in [-0.2, -0.15) is 0 Å². The van der Waals surface area contributed by atoms with Crippen LogP contribution in [0, 0.1) is 6.92 Å². The first kappa shape index (κ1) is 21.4. The number of hydrogen-bond donors (Lipinski definition) is 1. The molecule has 0 saturated carbocycles. The maximum atomic E-state index is 13.1. The van der Waals surface area contributed by atoms with Crippen molar-refractivity contribution >= 4 is 17.4 Å². The number of hydrogen-bond acceptors (Lipinski definition) is 3. The summed E-state index contributed by atoms with van der Waals surface area (Å²) in [5.74, 6) is 0.705. The zero-order chi connectivity index (χ0) is 23.0. The molecular formula is C27H32N4O2. The molecule has 1 aromatic heterocycles. The van der Waals surface area contributed by atoms with Gasteiger partial charge in [0.25, 0.3) is 0 Å². The molecule has 2 amide bonds. The summed E-state index contributed by atoms with van der Waals surface area (Å²) in [6.45, 7) is 9.22. The number of carbonyl (C=O) groups excluding carboxylic acids is 1. The van der Waals surface area contributed by atoms with Crippen molar-refractivity contribution in [1.82, 2.24) is 9.47 Å². The number of aryl methyl sites for hydroxylation is 1. The number of benzene rings is 2. The number of amides is 2. The largest absolute Gasteiger partial charge is 0.492 e. The van der Waals surface area contributed by atoms with Crippen LogP contribution in [-0.2, 0) is 5.54 Å². The molecule has 2 aromatic carbocycles. The van der Waals surface area contributed by atoms with Crippen molar-refractivity contribution < 1.29 is 9.53 Å². The first-order valence-electron chi connectivity index (χ1n) is 11.9. The van der Waals surface area contributed by atoms with Crippen molar-refractivity contribution in [2.24, 2.45) is 0 Å². The Labute approximate surface area is 195 Å². The maximum Gasteiger partial charge on any atom is 0.321 e. The third kappa shape index (κ3) is 3.54. The normalized spacial score (nSPS) is 16.3. The second-order valence-corrected chi connectivity index (χ2v) is 8.88. The van der Waals surface area contributed by atoms with Crippen LogP contribution >= 0.6 is 0 Å². The van der Waals surface area contributed by atoms with Gasteiger partial charge in [-0.15, -0.1) is 0 Å². The Kier molecular flexibility index (Phi) is 5.52. The summed E-state index contributed by atoms with van der Waals surface area (Å²) in [5, 5.41) is 3.06. The van der Waals surface area contributed by atoms with E-state index < -0.39 is 0 Å². The lowest BCUT2D eigenvalue weighted by molar-refractivity contribution is 0.160. The quantitative estimate of drug-likeness (QED) is 0.574. The van der Waals surface area contributed by atoms with Gasteiger partial charge in [-0.3, -0.25) is 0 Å². The zero-order valence-electron chi connectivity index (χ0n) is 19.7. The molecule has 2 aliphatic rings. The number of carbonyl (C=O) groups is 1. The average molecular weight is 445 g/mol. The van der Waals surface area contributed by atoms with Gasteiger partial charge in [-0.05, 0) is 75.6 Å². The highest BCUT2D eigenvalue weighted by atomic mass is 16.5. The first-order chi connectivity index (χ1) is 16.1. The molecule has 0 bridgehead atoms. The predicted octanol–water partition coefficient (Wildman–Crippen LogP) is 5.55. The summed E-state index contributed by atoms with van der Waals surface area (Å²) in [5.41, 5.74) is 5.71. The number of ether oxygens (including phenoxy) is 1. The summed E-state index contributed by atoms with van der Waals surface area (Å²) >= 11 is 0. The van der Waals surface area contributed by atoms with Crippen molar-refractivity contribution in [3.05, 3.63) is 72.1 Å². The molecule has 0 unspecified atom stereocenters. The van der Waals surface area contributed by atoms with Crippen molar-refractivity contribution in [2.75, 3.05) is 36.5 Å². The Bertz CT molecular complexity index is 1160. The summed E-state index contributed by atoms with van der Waals surface area (Å²) < 4.78 is 8.02. The molecule has 6 nitrogen and oxygen atoms in total. The zero-order valence-corrected chi connectivity index (χ0v) is 19.7. The van der Waals surface area contributed by atoms with Crippen molar-refractivity contribution in [2.45, 2.75) is 39.2 Å². The Hall–Kier alpha value is -3.41. The van der Waals surface area contributed by atoms with Crippen LogP contribution in [0.4, 0.5) is 16.2 Å². The van der Waals surface area contributed by atoms with Crippen LogP contribution in [-0.4, -0.2) is 41.7 Å². The monoisotopic (exact) mass is 444 g/mol. The van der Waals surface area contributed by atoms with Gasteiger partial charge >= 0.3 is 6.03 Å². The van der Waals surface area contributed by atoms with Crippen molar-refractivity contribution in [3.63, 3.8) is 0 Å². The van der Waals surface area contributed by atoms with Gasteiger partial charge in [0.1, 0.15) is 5.75 Å². The molecule has 3 heterocycles. The number of rotatable bonds is 4. The Morgan fingerprint density at radius 1 is 1.03 bits per heavy atom. The summed E-state index contributed by atoms with van der Waals surface area (Å²) in [6, 6.07) is 18.6. The van der Waals surface area contributed by atoms with E-state index in [-0.39, 0.29) is 11.6 Å². The van der Waals surface area contributed by atoms with E-state index in [9.17, 15) is 4.79 Å². The summed E-state index contributed by atoms with van der Waals surface area (Å²) in [6.07, 6.45) is 3.94. The SMILES string of the molecule is CCOc1ccccc1NC(=O)N1CCC2(CC1)c1cccn1-c1ccc(C)cc1N2CC. The molecule has 3 aromatic rings. The highest BCUT2D eigenvalue weighted by Crippen LogP contribution is 2.48. The fraction of sp³-hybridized carbons (Fsp3) is 0.370. The second kappa shape index (κ2) is 8.50. The Morgan fingerprint density at radius 2 is 1.82 bits per heavy atom. The van der Waals surface area contributed by atoms with Crippen LogP contribution in [0.3, 0.4) is 0 Å². The number of fused-ring (bicyclic) bond motifs is 4. The number of anilines is 2. The highest BCUT2D eigenvalue weighted by Gasteiger charge is 2.46. The van der Waals surface area contributed by atoms with Crippen molar-refractivity contribution in [1.29, 1.82) is 0 Å². The lowest BCUT2D eigenvalue weighted by Gasteiger charge is -2.53. The van der Waals surface area contributed by atoms with E-state index in [1.807, 2.05) is 36.1 Å². The molecule has 0 atom stereocenters. The van der Waals surface area contributed by atoms with Gasteiger partial charge < -0.3 is 24.4 Å². The van der Waals surface area contributed by atoms with Crippen LogP contribution in [0.2, 0.25) is 0 Å². The van der Waals surface area contributed by atoms with Gasteiger partial charge in [-0.1, -0.05) is 18.2 Å².